The van der Waals surface area contributed by atoms with Crippen LogP contribution >= 0.6 is 22.6 Å². The quantitative estimate of drug-likeness (QED) is 0.546. The van der Waals surface area contributed by atoms with E-state index in [1.807, 2.05) is 24.3 Å². The number of aromatic nitrogens is 3. The van der Waals surface area contributed by atoms with Gasteiger partial charge in [-0.2, -0.15) is 5.10 Å². The van der Waals surface area contributed by atoms with Gasteiger partial charge in [0.1, 0.15) is 0 Å². The Hall–Kier alpha value is -2.00. The van der Waals surface area contributed by atoms with Crippen LogP contribution in [0, 0.1) is 3.57 Å². The molecule has 0 saturated carbocycles. The molecule has 1 aromatic carbocycles. The summed E-state index contributed by atoms with van der Waals surface area (Å²) in [7, 11) is 2.11. The highest BCUT2D eigenvalue weighted by Gasteiger charge is 2.17. The molecule has 3 aromatic rings. The lowest BCUT2D eigenvalue weighted by molar-refractivity contribution is 0.0996. The zero-order chi connectivity index (χ0) is 18.7. The minimum Gasteiger partial charge on any atom is -0.364 e. The number of primary amides is 1. The summed E-state index contributed by atoms with van der Waals surface area (Å²) in [4.78, 5) is 18.6. The third-order valence-corrected chi connectivity index (χ3v) is 4.92. The molecule has 0 atom stereocenters. The largest absolute Gasteiger partial charge is 0.364 e. The number of carbonyl (C=O) groups excluding carboxylic acids is 1. The van der Waals surface area contributed by atoms with Gasteiger partial charge in [0, 0.05) is 21.7 Å². The fourth-order valence-electron chi connectivity index (χ4n) is 2.95. The van der Waals surface area contributed by atoms with E-state index in [2.05, 4.69) is 57.6 Å². The molecule has 2 N–H and O–H groups in total. The molecule has 6 nitrogen and oxygen atoms in total. The molecule has 0 radical (unpaired) electrons. The summed E-state index contributed by atoms with van der Waals surface area (Å²) in [5.41, 5.74) is 7.81. The monoisotopic (exact) mass is 463 g/mol. The van der Waals surface area contributed by atoms with Crippen molar-refractivity contribution in [2.75, 3.05) is 13.6 Å². The summed E-state index contributed by atoms with van der Waals surface area (Å²) < 4.78 is 2.73. The summed E-state index contributed by atoms with van der Waals surface area (Å²) in [5, 5.41) is 5.20. The third-order valence-electron chi connectivity index (χ3n) is 4.25. The molecule has 0 fully saturated rings. The zero-order valence-corrected chi connectivity index (χ0v) is 17.1. The lowest BCUT2D eigenvalue weighted by Gasteiger charge is -2.16. The van der Waals surface area contributed by atoms with Gasteiger partial charge in [0.15, 0.2) is 11.5 Å². The Morgan fingerprint density at radius 2 is 2.12 bits per heavy atom. The van der Waals surface area contributed by atoms with Crippen molar-refractivity contribution in [3.05, 3.63) is 51.4 Å². The van der Waals surface area contributed by atoms with Gasteiger partial charge in [0.2, 0.25) is 0 Å². The van der Waals surface area contributed by atoms with Crippen molar-refractivity contribution in [2.24, 2.45) is 5.73 Å². The highest BCUT2D eigenvalue weighted by atomic mass is 127. The Bertz CT molecular complexity index is 937. The van der Waals surface area contributed by atoms with Gasteiger partial charge in [-0.3, -0.25) is 4.79 Å². The number of benzene rings is 1. The lowest BCUT2D eigenvalue weighted by Crippen LogP contribution is -2.18. The Balaban J connectivity index is 2.03. The van der Waals surface area contributed by atoms with Crippen LogP contribution in [0.2, 0.25) is 0 Å². The van der Waals surface area contributed by atoms with Crippen molar-refractivity contribution < 1.29 is 4.79 Å². The van der Waals surface area contributed by atoms with Gasteiger partial charge < -0.3 is 10.6 Å². The predicted molar refractivity (Wildman–Crippen MR) is 111 cm³/mol. The maximum absolute atomic E-state index is 11.9. The van der Waals surface area contributed by atoms with Gasteiger partial charge in [0.05, 0.1) is 5.52 Å². The molecular weight excluding hydrogens is 441 g/mol. The molecule has 0 aliphatic rings. The van der Waals surface area contributed by atoms with E-state index in [4.69, 9.17) is 5.73 Å². The maximum atomic E-state index is 11.9. The number of halogens is 1. The fourth-order valence-corrected chi connectivity index (χ4v) is 3.39. The molecule has 0 bridgehead atoms. The molecule has 0 spiro atoms. The second kappa shape index (κ2) is 8.13. The average molecular weight is 463 g/mol. The van der Waals surface area contributed by atoms with Crippen molar-refractivity contribution in [1.82, 2.24) is 19.7 Å². The summed E-state index contributed by atoms with van der Waals surface area (Å²) in [5.74, 6) is 0.137. The molecular formula is C19H22IN5O. The molecule has 2 heterocycles. The molecule has 0 aliphatic heterocycles. The fraction of sp³-hybridized carbons (Fsp3) is 0.316. The first-order valence-electron chi connectivity index (χ1n) is 8.61. The van der Waals surface area contributed by atoms with Crippen LogP contribution in [-0.4, -0.2) is 39.2 Å². The summed E-state index contributed by atoms with van der Waals surface area (Å²) >= 11 is 2.23. The van der Waals surface area contributed by atoms with E-state index in [1.165, 1.54) is 12.8 Å². The molecule has 2 aromatic heterocycles. The standard InChI is InChI=1S/C19H22IN5O/c1-3-4-9-24(2)12-13-5-6-16-15(10-13)18(19(21)26)23-25(16)17-11-14(20)7-8-22-17/h5-8,10-11H,3-4,9,12H2,1-2H3,(H2,21,26). The maximum Gasteiger partial charge on any atom is 0.269 e. The van der Waals surface area contributed by atoms with Crippen LogP contribution < -0.4 is 5.73 Å². The average Bonchev–Trinajstić information content (AvgIpc) is 2.99. The Kier molecular flexibility index (Phi) is 5.87. The first kappa shape index (κ1) is 18.8. The number of carbonyl (C=O) groups is 1. The molecule has 0 aliphatic carbocycles. The van der Waals surface area contributed by atoms with E-state index < -0.39 is 5.91 Å². The van der Waals surface area contributed by atoms with Crippen molar-refractivity contribution in [2.45, 2.75) is 26.3 Å². The molecule has 26 heavy (non-hydrogen) atoms. The van der Waals surface area contributed by atoms with Gasteiger partial charge in [-0.25, -0.2) is 9.67 Å². The van der Waals surface area contributed by atoms with E-state index in [0.29, 0.717) is 5.82 Å². The molecule has 1 amide bonds. The predicted octanol–water partition coefficient (Wildman–Crippen LogP) is 3.36. The van der Waals surface area contributed by atoms with E-state index >= 15 is 0 Å². The smallest absolute Gasteiger partial charge is 0.269 e. The molecule has 0 saturated heterocycles. The van der Waals surface area contributed by atoms with Crippen LogP contribution in [0.25, 0.3) is 16.7 Å². The van der Waals surface area contributed by atoms with Gasteiger partial charge in [-0.05, 0) is 72.4 Å². The van der Waals surface area contributed by atoms with Crippen molar-refractivity contribution >= 4 is 39.4 Å². The van der Waals surface area contributed by atoms with Crippen LogP contribution in [0.5, 0.6) is 0 Å². The van der Waals surface area contributed by atoms with Crippen molar-refractivity contribution in [1.29, 1.82) is 0 Å². The molecule has 3 rings (SSSR count). The summed E-state index contributed by atoms with van der Waals surface area (Å²) in [6.07, 6.45) is 4.07. The van der Waals surface area contributed by atoms with Gasteiger partial charge in [-0.1, -0.05) is 19.4 Å². The zero-order valence-electron chi connectivity index (χ0n) is 14.9. The van der Waals surface area contributed by atoms with E-state index in [0.717, 1.165) is 33.1 Å². The number of rotatable bonds is 7. The second-order valence-electron chi connectivity index (χ2n) is 6.40. The third kappa shape index (κ3) is 4.04. The normalized spacial score (nSPS) is 11.4. The second-order valence-corrected chi connectivity index (χ2v) is 7.65. The highest BCUT2D eigenvalue weighted by Crippen LogP contribution is 2.24. The minimum atomic E-state index is -0.532. The molecule has 136 valence electrons. The minimum absolute atomic E-state index is 0.277. The number of nitrogens with zero attached hydrogens (tertiary/aromatic N) is 4. The molecule has 7 heteroatoms. The van der Waals surface area contributed by atoms with Gasteiger partial charge in [0.25, 0.3) is 5.91 Å². The number of nitrogens with two attached hydrogens (primary N) is 1. The number of unbranched alkanes of at least 4 members (excludes halogenated alkanes) is 1. The summed E-state index contributed by atoms with van der Waals surface area (Å²) in [6.45, 7) is 4.05. The highest BCUT2D eigenvalue weighted by molar-refractivity contribution is 14.1. The van der Waals surface area contributed by atoms with E-state index in [-0.39, 0.29) is 5.69 Å². The number of pyridine rings is 1. The van der Waals surface area contributed by atoms with Crippen molar-refractivity contribution in [3.63, 3.8) is 0 Å². The Labute approximate surface area is 166 Å². The topological polar surface area (TPSA) is 77.0 Å². The first-order valence-corrected chi connectivity index (χ1v) is 9.69. The van der Waals surface area contributed by atoms with E-state index in [1.54, 1.807) is 10.9 Å². The lowest BCUT2D eigenvalue weighted by atomic mass is 10.1. The van der Waals surface area contributed by atoms with Crippen LogP contribution in [0.15, 0.2) is 36.5 Å². The number of hydrogen-bond donors (Lipinski definition) is 1. The van der Waals surface area contributed by atoms with Crippen LogP contribution in [0.4, 0.5) is 0 Å². The number of fused-ring (bicyclic) bond motifs is 1. The van der Waals surface area contributed by atoms with Gasteiger partial charge in [-0.15, -0.1) is 0 Å². The van der Waals surface area contributed by atoms with E-state index in [9.17, 15) is 4.79 Å². The van der Waals surface area contributed by atoms with Crippen LogP contribution in [0.1, 0.15) is 35.8 Å². The Morgan fingerprint density at radius 1 is 1.31 bits per heavy atom. The van der Waals surface area contributed by atoms with Crippen LogP contribution in [0.3, 0.4) is 0 Å². The summed E-state index contributed by atoms with van der Waals surface area (Å²) in [6, 6.07) is 9.90. The number of amides is 1. The first-order chi connectivity index (χ1) is 12.5. The van der Waals surface area contributed by atoms with Crippen molar-refractivity contribution in [3.8, 4) is 5.82 Å². The number of hydrogen-bond acceptors (Lipinski definition) is 4. The Morgan fingerprint density at radius 3 is 2.81 bits per heavy atom. The molecule has 0 unspecified atom stereocenters. The van der Waals surface area contributed by atoms with Crippen LogP contribution in [-0.2, 0) is 6.54 Å². The van der Waals surface area contributed by atoms with Gasteiger partial charge >= 0.3 is 0 Å². The SMILES string of the molecule is CCCCN(C)Cc1ccc2c(c1)c(C(N)=O)nn2-c1cc(I)ccn1.